The molecule has 8 rings (SSSR count). The van der Waals surface area contributed by atoms with Crippen molar-refractivity contribution in [1.29, 1.82) is 0 Å². The van der Waals surface area contributed by atoms with Gasteiger partial charge in [0.2, 0.25) is 27.7 Å². The van der Waals surface area contributed by atoms with Gasteiger partial charge in [0, 0.05) is 44.5 Å². The fourth-order valence-electron chi connectivity index (χ4n) is 8.78. The quantitative estimate of drug-likeness (QED) is 0.185. The number of rotatable bonds is 8. The number of methoxy groups -OCH3 is 1. The van der Waals surface area contributed by atoms with Crippen LogP contribution in [0.1, 0.15) is 77.2 Å². The van der Waals surface area contributed by atoms with Gasteiger partial charge in [0.15, 0.2) is 0 Å². The Labute approximate surface area is 348 Å². The number of hydrogen-bond donors (Lipinski definition) is 3. The molecular weight excluding hydrogens is 798 g/mol. The van der Waals surface area contributed by atoms with Crippen molar-refractivity contribution in [3.05, 3.63) is 59.6 Å². The summed E-state index contributed by atoms with van der Waals surface area (Å²) in [5.74, 6) is -1.84. The molecule has 5 atom stereocenters. The number of amides is 4. The van der Waals surface area contributed by atoms with Gasteiger partial charge in [-0.3, -0.25) is 19.1 Å². The van der Waals surface area contributed by atoms with E-state index < -0.39 is 74.1 Å². The van der Waals surface area contributed by atoms with E-state index in [1.807, 2.05) is 44.2 Å². The standard InChI is InChI=1S/C43H50ClN5O9S/c1-5-26-21-43(26,40(52)48-59(54,55)29-13-14-29)47-37(50)34-19-28-22-49(34)39(51)36(24-9-6-7-10-24)46-41(53)57-23-42(2,3)16-8-11-25-17-32-30(20-35(25)56-4)31-18-27(44)12-15-33(31)45-38(32)58-28/h5,8,11-12,15,17-18,20,24,26,28-29,34,36H,1,6-7,9-10,13-14,16,19,21-23H2,2-4H3,(H,46,53)(H,47,50)(H,48,52)/b11-8+/t26-,28-,34+,36+,43-/m1/s1. The predicted octanol–water partition coefficient (Wildman–Crippen LogP) is 5.80. The second-order valence-electron chi connectivity index (χ2n) is 17.4. The van der Waals surface area contributed by atoms with Crippen LogP contribution in [-0.2, 0) is 29.1 Å². The zero-order chi connectivity index (χ0) is 41.9. The van der Waals surface area contributed by atoms with E-state index in [1.54, 1.807) is 19.2 Å². The SMILES string of the molecule is C=C[C@@H]1C[C@]1(NC(=O)[C@@H]1C[C@@H]2CN1C(=O)[C@H](C1CCCC1)NC(=O)OCC(C)(C)C/C=C/c1cc3c(nc4ccc(Cl)cc4c3cc1OC)O2)C(=O)NS(=O)(=O)C1CC1. The Balaban J connectivity index is 1.20. The van der Waals surface area contributed by atoms with E-state index in [4.69, 9.17) is 30.8 Å². The minimum absolute atomic E-state index is 0.00909. The van der Waals surface area contributed by atoms with Crippen LogP contribution in [0.5, 0.6) is 11.6 Å². The minimum atomic E-state index is -3.92. The van der Waals surface area contributed by atoms with Gasteiger partial charge in [-0.1, -0.05) is 56.5 Å². The number of pyridine rings is 1. The summed E-state index contributed by atoms with van der Waals surface area (Å²) < 4.78 is 46.2. The summed E-state index contributed by atoms with van der Waals surface area (Å²) in [4.78, 5) is 62.9. The van der Waals surface area contributed by atoms with E-state index in [0.29, 0.717) is 53.8 Å². The molecule has 4 fully saturated rings. The van der Waals surface area contributed by atoms with E-state index in [2.05, 4.69) is 21.9 Å². The lowest BCUT2D eigenvalue weighted by Crippen LogP contribution is -2.59. The van der Waals surface area contributed by atoms with Gasteiger partial charge >= 0.3 is 6.09 Å². The third-order valence-corrected chi connectivity index (χ3v) is 14.5. The zero-order valence-electron chi connectivity index (χ0n) is 33.4. The molecule has 14 nitrogen and oxygen atoms in total. The Kier molecular flexibility index (Phi) is 10.8. The number of carbonyl (C=O) groups is 4. The molecule has 59 heavy (non-hydrogen) atoms. The van der Waals surface area contributed by atoms with Crippen molar-refractivity contribution >= 4 is 73.2 Å². The van der Waals surface area contributed by atoms with Crippen molar-refractivity contribution in [2.45, 2.75) is 101 Å². The molecule has 1 saturated heterocycles. The second-order valence-corrected chi connectivity index (χ2v) is 19.8. The number of sulfonamides is 1. The normalized spacial score (nSPS) is 27.9. The Bertz CT molecular complexity index is 2380. The molecule has 1 aromatic heterocycles. The van der Waals surface area contributed by atoms with Gasteiger partial charge in [0.25, 0.3) is 5.91 Å². The smallest absolute Gasteiger partial charge is 0.407 e. The van der Waals surface area contributed by atoms with Crippen LogP contribution >= 0.6 is 11.6 Å². The average molecular weight is 848 g/mol. The van der Waals surface area contributed by atoms with Crippen LogP contribution in [0.15, 0.2) is 49.1 Å². The molecule has 0 spiro atoms. The average Bonchev–Trinajstić information content (AvgIpc) is 4.07. The number of allylic oxidation sites excluding steroid dienone is 1. The van der Waals surface area contributed by atoms with Crippen molar-refractivity contribution < 1.29 is 41.8 Å². The predicted molar refractivity (Wildman–Crippen MR) is 222 cm³/mol. The van der Waals surface area contributed by atoms with E-state index in [-0.39, 0.29) is 37.8 Å². The molecule has 0 radical (unpaired) electrons. The van der Waals surface area contributed by atoms with Crippen LogP contribution < -0.4 is 24.8 Å². The summed E-state index contributed by atoms with van der Waals surface area (Å²) in [6.45, 7) is 7.79. The van der Waals surface area contributed by atoms with Gasteiger partial charge < -0.3 is 29.7 Å². The molecule has 3 heterocycles. The number of nitrogens with zero attached hydrogens (tertiary/aromatic N) is 2. The fraction of sp³-hybridized carbons (Fsp3) is 0.512. The van der Waals surface area contributed by atoms with Gasteiger partial charge in [-0.25, -0.2) is 18.2 Å². The first-order valence-electron chi connectivity index (χ1n) is 20.3. The third kappa shape index (κ3) is 8.20. The second kappa shape index (κ2) is 15.6. The van der Waals surface area contributed by atoms with E-state index in [1.165, 1.54) is 11.0 Å². The van der Waals surface area contributed by atoms with Gasteiger partial charge in [0.05, 0.1) is 31.0 Å². The Hall–Kier alpha value is -4.89. The summed E-state index contributed by atoms with van der Waals surface area (Å²) in [5, 5.41) is 7.79. The number of nitrogens with one attached hydrogen (secondary N) is 3. The molecule has 3 aromatic rings. The Morgan fingerprint density at radius 2 is 1.85 bits per heavy atom. The number of benzene rings is 2. The number of alkyl carbamates (subject to hydrolysis) is 1. The van der Waals surface area contributed by atoms with Crippen LogP contribution in [0, 0.1) is 17.3 Å². The van der Waals surface area contributed by atoms with Crippen molar-refractivity contribution in [2.24, 2.45) is 17.3 Å². The minimum Gasteiger partial charge on any atom is -0.496 e. The molecule has 3 N–H and O–H groups in total. The van der Waals surface area contributed by atoms with Crippen LogP contribution in [0.4, 0.5) is 4.79 Å². The number of halogens is 1. The number of hydrogen-bond acceptors (Lipinski definition) is 10. The number of aromatic nitrogens is 1. The molecule has 3 aliphatic carbocycles. The number of fused-ring (bicyclic) bond motifs is 5. The maximum atomic E-state index is 14.9. The monoisotopic (exact) mass is 847 g/mol. The molecule has 0 unspecified atom stereocenters. The summed E-state index contributed by atoms with van der Waals surface area (Å²) in [6, 6.07) is 7.04. The lowest BCUT2D eigenvalue weighted by Gasteiger charge is -2.32. The molecule has 314 valence electrons. The van der Waals surface area contributed by atoms with Crippen molar-refractivity contribution in [1.82, 2.24) is 25.2 Å². The largest absolute Gasteiger partial charge is 0.496 e. The van der Waals surface area contributed by atoms with Gasteiger partial charge in [0.1, 0.15) is 29.5 Å². The Morgan fingerprint density at radius 3 is 2.54 bits per heavy atom. The number of cyclic esters (lactones) is 1. The zero-order valence-corrected chi connectivity index (χ0v) is 35.0. The summed E-state index contributed by atoms with van der Waals surface area (Å²) in [5.41, 5.74) is -0.692. The summed E-state index contributed by atoms with van der Waals surface area (Å²) in [6.07, 6.45) is 8.70. The molecule has 16 heteroatoms. The number of carbonyl (C=O) groups excluding carboxylic acids is 4. The maximum Gasteiger partial charge on any atom is 0.407 e. The van der Waals surface area contributed by atoms with Crippen molar-refractivity contribution in [3.63, 3.8) is 0 Å². The summed E-state index contributed by atoms with van der Waals surface area (Å²) >= 11 is 6.48. The van der Waals surface area contributed by atoms with Crippen LogP contribution in [-0.4, -0.2) is 91.4 Å². The number of ether oxygens (including phenoxy) is 3. The van der Waals surface area contributed by atoms with Gasteiger partial charge in [-0.15, -0.1) is 6.58 Å². The summed E-state index contributed by atoms with van der Waals surface area (Å²) in [7, 11) is -2.33. The van der Waals surface area contributed by atoms with Crippen LogP contribution in [0.2, 0.25) is 5.02 Å². The molecule has 2 aromatic carbocycles. The Morgan fingerprint density at radius 1 is 1.08 bits per heavy atom. The molecular formula is C43H50ClN5O9S. The van der Waals surface area contributed by atoms with Crippen molar-refractivity contribution in [3.8, 4) is 11.6 Å². The van der Waals surface area contributed by atoms with Crippen LogP contribution in [0.3, 0.4) is 0 Å². The maximum absolute atomic E-state index is 14.9. The van der Waals surface area contributed by atoms with E-state index >= 15 is 0 Å². The highest BCUT2D eigenvalue weighted by atomic mass is 35.5. The fourth-order valence-corrected chi connectivity index (χ4v) is 10.3. The molecule has 5 aliphatic rings. The first kappa shape index (κ1) is 40.9. The first-order valence-corrected chi connectivity index (χ1v) is 22.2. The third-order valence-electron chi connectivity index (χ3n) is 12.4. The molecule has 4 bridgehead atoms. The molecule has 4 amide bonds. The highest BCUT2D eigenvalue weighted by molar-refractivity contribution is 7.91. The molecule has 2 aliphatic heterocycles. The highest BCUT2D eigenvalue weighted by Gasteiger charge is 2.62. The first-order chi connectivity index (χ1) is 28.1. The van der Waals surface area contributed by atoms with Crippen molar-refractivity contribution in [2.75, 3.05) is 20.3 Å². The topological polar surface area (TPSA) is 182 Å². The van der Waals surface area contributed by atoms with E-state index in [9.17, 15) is 27.6 Å². The lowest BCUT2D eigenvalue weighted by atomic mass is 9.90. The van der Waals surface area contributed by atoms with Crippen LogP contribution in [0.25, 0.3) is 27.8 Å². The lowest BCUT2D eigenvalue weighted by molar-refractivity contribution is -0.142. The highest BCUT2D eigenvalue weighted by Crippen LogP contribution is 2.46. The van der Waals surface area contributed by atoms with Gasteiger partial charge in [-0.2, -0.15) is 0 Å². The molecule has 3 saturated carbocycles. The van der Waals surface area contributed by atoms with E-state index in [0.717, 1.165) is 29.2 Å². The van der Waals surface area contributed by atoms with Gasteiger partial charge in [-0.05, 0) is 74.8 Å².